The van der Waals surface area contributed by atoms with E-state index in [1.54, 1.807) is 18.2 Å². The van der Waals surface area contributed by atoms with Crippen LogP contribution in [0.1, 0.15) is 37.3 Å². The number of carboxylic acids is 1. The largest absolute Gasteiger partial charge is 0.488 e. The SMILES string of the molecule is CCCCC(C(=O)O)N1C(=O)C(=Cc2ccccc2OCc2ccc(Cl)cc2)SC1=S. The Morgan fingerprint density at radius 3 is 2.65 bits per heavy atom. The first-order valence-corrected chi connectivity index (χ1v) is 11.5. The molecule has 1 aliphatic heterocycles. The predicted molar refractivity (Wildman–Crippen MR) is 128 cm³/mol. The number of benzene rings is 2. The summed E-state index contributed by atoms with van der Waals surface area (Å²) in [5.74, 6) is -0.813. The molecule has 162 valence electrons. The average Bonchev–Trinajstić information content (AvgIpc) is 3.02. The Hall–Kier alpha value is -2.35. The molecule has 2 aromatic rings. The molecule has 31 heavy (non-hydrogen) atoms. The molecular formula is C23H22ClNO4S2. The standard InChI is InChI=1S/C23H22ClNO4S2/c1-2-3-7-18(22(27)28)25-21(26)20(31-23(25)30)13-16-6-4-5-8-19(16)29-14-15-9-11-17(24)12-10-15/h4-6,8-13,18H,2-3,7,14H2,1H3,(H,27,28). The van der Waals surface area contributed by atoms with E-state index in [4.69, 9.17) is 28.6 Å². The van der Waals surface area contributed by atoms with Gasteiger partial charge in [0.1, 0.15) is 22.7 Å². The van der Waals surface area contributed by atoms with Gasteiger partial charge in [-0.2, -0.15) is 0 Å². The van der Waals surface area contributed by atoms with Crippen LogP contribution in [-0.4, -0.2) is 32.2 Å². The minimum atomic E-state index is -1.04. The third kappa shape index (κ3) is 5.87. The van der Waals surface area contributed by atoms with Crippen LogP contribution in [0.15, 0.2) is 53.4 Å². The van der Waals surface area contributed by atoms with Gasteiger partial charge in [-0.05, 0) is 36.3 Å². The van der Waals surface area contributed by atoms with Gasteiger partial charge < -0.3 is 9.84 Å². The highest BCUT2D eigenvalue weighted by Gasteiger charge is 2.40. The van der Waals surface area contributed by atoms with Crippen molar-refractivity contribution >= 4 is 57.9 Å². The lowest BCUT2D eigenvalue weighted by Gasteiger charge is -2.22. The highest BCUT2D eigenvalue weighted by Crippen LogP contribution is 2.36. The summed E-state index contributed by atoms with van der Waals surface area (Å²) in [7, 11) is 0. The zero-order chi connectivity index (χ0) is 22.4. The second-order valence-corrected chi connectivity index (χ2v) is 9.11. The molecule has 0 bridgehead atoms. The molecule has 3 rings (SSSR count). The van der Waals surface area contributed by atoms with Gasteiger partial charge in [0.25, 0.3) is 5.91 Å². The second kappa shape index (κ2) is 10.8. The Balaban J connectivity index is 1.80. The summed E-state index contributed by atoms with van der Waals surface area (Å²) in [6, 6.07) is 13.8. The number of carbonyl (C=O) groups is 2. The summed E-state index contributed by atoms with van der Waals surface area (Å²) in [4.78, 5) is 26.3. The van der Waals surface area contributed by atoms with E-state index in [9.17, 15) is 14.7 Å². The first-order chi connectivity index (χ1) is 14.9. The van der Waals surface area contributed by atoms with Gasteiger partial charge >= 0.3 is 5.97 Å². The van der Waals surface area contributed by atoms with E-state index in [0.717, 1.165) is 29.3 Å². The van der Waals surface area contributed by atoms with E-state index >= 15 is 0 Å². The van der Waals surface area contributed by atoms with Crippen LogP contribution >= 0.6 is 35.6 Å². The van der Waals surface area contributed by atoms with E-state index in [0.29, 0.717) is 35.1 Å². The van der Waals surface area contributed by atoms with E-state index in [2.05, 4.69) is 0 Å². The number of rotatable bonds is 9. The Morgan fingerprint density at radius 2 is 1.97 bits per heavy atom. The molecule has 1 N–H and O–H groups in total. The highest BCUT2D eigenvalue weighted by molar-refractivity contribution is 8.26. The number of carboxylic acid groups (broad SMARTS) is 1. The van der Waals surface area contributed by atoms with Crippen molar-refractivity contribution in [3.8, 4) is 5.75 Å². The molecule has 1 heterocycles. The minimum absolute atomic E-state index is 0.263. The maximum atomic E-state index is 13.0. The van der Waals surface area contributed by atoms with Gasteiger partial charge in [0.2, 0.25) is 0 Å². The summed E-state index contributed by atoms with van der Waals surface area (Å²) in [5, 5.41) is 10.3. The van der Waals surface area contributed by atoms with Crippen LogP contribution in [0.25, 0.3) is 6.08 Å². The van der Waals surface area contributed by atoms with Crippen molar-refractivity contribution in [1.82, 2.24) is 4.90 Å². The molecule has 2 aromatic carbocycles. The molecule has 1 unspecified atom stereocenters. The van der Waals surface area contributed by atoms with Gasteiger partial charge in [-0.1, -0.05) is 85.7 Å². The van der Waals surface area contributed by atoms with Crippen molar-refractivity contribution in [1.29, 1.82) is 0 Å². The predicted octanol–water partition coefficient (Wildman–Crippen LogP) is 5.76. The van der Waals surface area contributed by atoms with E-state index in [-0.39, 0.29) is 10.2 Å². The molecule has 5 nitrogen and oxygen atoms in total. The fourth-order valence-corrected chi connectivity index (χ4v) is 4.60. The number of ether oxygens (including phenoxy) is 1. The first kappa shape index (κ1) is 23.3. The molecule has 1 amide bonds. The molecule has 0 aliphatic carbocycles. The molecule has 0 spiro atoms. The highest BCUT2D eigenvalue weighted by atomic mass is 35.5. The zero-order valence-electron chi connectivity index (χ0n) is 16.9. The van der Waals surface area contributed by atoms with Crippen molar-refractivity contribution < 1.29 is 19.4 Å². The molecule has 1 saturated heterocycles. The number of thioether (sulfide) groups is 1. The lowest BCUT2D eigenvalue weighted by molar-refractivity contribution is -0.145. The van der Waals surface area contributed by atoms with Crippen LogP contribution < -0.4 is 4.74 Å². The first-order valence-electron chi connectivity index (χ1n) is 9.87. The number of unbranched alkanes of at least 4 members (excludes halogenated alkanes) is 1. The van der Waals surface area contributed by atoms with Crippen molar-refractivity contribution in [2.45, 2.75) is 38.8 Å². The molecule has 0 saturated carbocycles. The second-order valence-electron chi connectivity index (χ2n) is 7.00. The molecule has 1 fully saturated rings. The number of aliphatic carboxylic acids is 1. The van der Waals surface area contributed by atoms with Gasteiger partial charge in [0.05, 0.1) is 4.91 Å². The third-order valence-corrected chi connectivity index (χ3v) is 6.35. The Labute approximate surface area is 196 Å². The lowest BCUT2D eigenvalue weighted by atomic mass is 10.1. The third-order valence-electron chi connectivity index (χ3n) is 4.76. The summed E-state index contributed by atoms with van der Waals surface area (Å²) in [6.07, 6.45) is 3.61. The van der Waals surface area contributed by atoms with Gasteiger partial charge in [-0.25, -0.2) is 4.79 Å². The molecule has 0 radical (unpaired) electrons. The van der Waals surface area contributed by atoms with Crippen molar-refractivity contribution in [3.63, 3.8) is 0 Å². The van der Waals surface area contributed by atoms with Gasteiger partial charge in [-0.3, -0.25) is 9.69 Å². The monoisotopic (exact) mass is 475 g/mol. The van der Waals surface area contributed by atoms with Crippen LogP contribution in [0.3, 0.4) is 0 Å². The topological polar surface area (TPSA) is 66.8 Å². The Bertz CT molecular complexity index is 1010. The smallest absolute Gasteiger partial charge is 0.326 e. The summed E-state index contributed by atoms with van der Waals surface area (Å²) in [6.45, 7) is 2.32. The zero-order valence-corrected chi connectivity index (χ0v) is 19.3. The molecule has 0 aromatic heterocycles. The lowest BCUT2D eigenvalue weighted by Crippen LogP contribution is -2.43. The molecular weight excluding hydrogens is 454 g/mol. The number of para-hydroxylation sites is 1. The van der Waals surface area contributed by atoms with Gasteiger partial charge in [0.15, 0.2) is 0 Å². The van der Waals surface area contributed by atoms with Crippen LogP contribution in [0.4, 0.5) is 0 Å². The number of hydrogen-bond acceptors (Lipinski definition) is 5. The van der Waals surface area contributed by atoms with E-state index < -0.39 is 12.0 Å². The summed E-state index contributed by atoms with van der Waals surface area (Å²) in [5.41, 5.74) is 1.68. The average molecular weight is 476 g/mol. The summed E-state index contributed by atoms with van der Waals surface area (Å²) < 4.78 is 6.22. The Kier molecular flexibility index (Phi) is 8.12. The molecule has 1 atom stereocenters. The molecule has 1 aliphatic rings. The Morgan fingerprint density at radius 1 is 1.26 bits per heavy atom. The number of thiocarbonyl (C=S) groups is 1. The number of carbonyl (C=O) groups excluding carboxylic acids is 1. The maximum Gasteiger partial charge on any atom is 0.326 e. The van der Waals surface area contributed by atoms with Crippen molar-refractivity contribution in [3.05, 3.63) is 69.6 Å². The quantitative estimate of drug-likeness (QED) is 0.367. The number of halogens is 1. The van der Waals surface area contributed by atoms with Crippen LogP contribution in [0.2, 0.25) is 5.02 Å². The van der Waals surface area contributed by atoms with Gasteiger partial charge in [0, 0.05) is 10.6 Å². The number of nitrogens with zero attached hydrogens (tertiary/aromatic N) is 1. The molecule has 8 heteroatoms. The van der Waals surface area contributed by atoms with Gasteiger partial charge in [-0.15, -0.1) is 0 Å². The van der Waals surface area contributed by atoms with Crippen molar-refractivity contribution in [2.24, 2.45) is 0 Å². The number of hydrogen-bond donors (Lipinski definition) is 1. The maximum absolute atomic E-state index is 13.0. The summed E-state index contributed by atoms with van der Waals surface area (Å²) >= 11 is 12.4. The van der Waals surface area contributed by atoms with Crippen LogP contribution in [-0.2, 0) is 16.2 Å². The van der Waals surface area contributed by atoms with Crippen LogP contribution in [0.5, 0.6) is 5.75 Å². The minimum Gasteiger partial charge on any atom is -0.488 e. The van der Waals surface area contributed by atoms with Crippen LogP contribution in [0, 0.1) is 0 Å². The fourth-order valence-electron chi connectivity index (χ4n) is 3.12. The number of amides is 1. The van der Waals surface area contributed by atoms with E-state index in [1.807, 2.05) is 43.3 Å². The van der Waals surface area contributed by atoms with E-state index in [1.165, 1.54) is 4.90 Å². The fraction of sp³-hybridized carbons (Fsp3) is 0.261. The normalized spacial score (nSPS) is 16.1. The van der Waals surface area contributed by atoms with Crippen molar-refractivity contribution in [2.75, 3.05) is 0 Å².